The van der Waals surface area contributed by atoms with Crippen LogP contribution < -0.4 is 4.74 Å². The third-order valence-electron chi connectivity index (χ3n) is 2.60. The van der Waals surface area contributed by atoms with Gasteiger partial charge in [-0.15, -0.1) is 0 Å². The Bertz CT molecular complexity index is 344. The minimum atomic E-state index is 0.903. The summed E-state index contributed by atoms with van der Waals surface area (Å²) >= 11 is 0. The minimum absolute atomic E-state index is 0.903. The molecule has 1 aromatic heterocycles. The highest BCUT2D eigenvalue weighted by atomic mass is 16.5. The molecule has 0 spiro atoms. The summed E-state index contributed by atoms with van der Waals surface area (Å²) < 4.78 is 5.27. The first-order valence-corrected chi connectivity index (χ1v) is 5.06. The van der Waals surface area contributed by atoms with Gasteiger partial charge < -0.3 is 4.74 Å². The lowest BCUT2D eigenvalue weighted by Crippen LogP contribution is -1.96. The number of nitrogens with zero attached hydrogens (tertiary/aromatic N) is 1. The van der Waals surface area contributed by atoms with Crippen LogP contribution in [-0.2, 0) is 6.42 Å². The summed E-state index contributed by atoms with van der Waals surface area (Å²) in [6.45, 7) is 0. The lowest BCUT2D eigenvalue weighted by Gasteiger charge is -2.06. The van der Waals surface area contributed by atoms with Gasteiger partial charge in [0, 0.05) is 12.6 Å². The Hall–Kier alpha value is -1.31. The monoisotopic (exact) mass is 189 g/mol. The van der Waals surface area contributed by atoms with E-state index in [-0.39, 0.29) is 0 Å². The maximum Gasteiger partial charge on any atom is 0.140 e. The van der Waals surface area contributed by atoms with E-state index in [1.54, 1.807) is 7.11 Å². The van der Waals surface area contributed by atoms with Crippen LogP contribution in [0.3, 0.4) is 0 Å². The number of hydrogen-bond acceptors (Lipinski definition) is 2. The zero-order valence-electron chi connectivity index (χ0n) is 8.49. The number of hydrogen-bond donors (Lipinski definition) is 0. The first-order valence-electron chi connectivity index (χ1n) is 5.06. The molecule has 0 atom stereocenters. The second kappa shape index (κ2) is 4.27. The summed E-state index contributed by atoms with van der Waals surface area (Å²) in [4.78, 5) is 4.35. The van der Waals surface area contributed by atoms with Gasteiger partial charge in [-0.3, -0.25) is 4.98 Å². The molecule has 2 rings (SSSR count). The van der Waals surface area contributed by atoms with Crippen LogP contribution in [0.1, 0.15) is 25.0 Å². The molecule has 0 saturated carbocycles. The van der Waals surface area contributed by atoms with Gasteiger partial charge in [-0.25, -0.2) is 0 Å². The number of aromatic nitrogens is 1. The predicted molar refractivity (Wildman–Crippen MR) is 56.4 cm³/mol. The van der Waals surface area contributed by atoms with E-state index in [9.17, 15) is 0 Å². The molecule has 1 aliphatic carbocycles. The lowest BCUT2D eigenvalue weighted by atomic mass is 10.1. The second-order valence-electron chi connectivity index (χ2n) is 3.58. The van der Waals surface area contributed by atoms with E-state index in [4.69, 9.17) is 4.74 Å². The molecule has 0 N–H and O–H groups in total. The van der Waals surface area contributed by atoms with Gasteiger partial charge in [0.2, 0.25) is 0 Å². The molecule has 0 amide bonds. The zero-order valence-corrected chi connectivity index (χ0v) is 8.49. The van der Waals surface area contributed by atoms with Crippen LogP contribution >= 0.6 is 0 Å². The fourth-order valence-electron chi connectivity index (χ4n) is 1.85. The Morgan fingerprint density at radius 3 is 3.14 bits per heavy atom. The molecule has 0 radical (unpaired) electrons. The summed E-state index contributed by atoms with van der Waals surface area (Å²) in [6, 6.07) is 3.88. The van der Waals surface area contributed by atoms with Crippen molar-refractivity contribution in [2.75, 3.05) is 7.11 Å². The molecule has 0 fully saturated rings. The first kappa shape index (κ1) is 9.25. The van der Waals surface area contributed by atoms with Gasteiger partial charge in [0.05, 0.1) is 12.8 Å². The van der Waals surface area contributed by atoms with Gasteiger partial charge in [-0.05, 0) is 31.4 Å². The standard InChI is InChI=1S/C12H15NO/c1-14-12-7-4-8-13-11(12)9-10-5-2-3-6-10/h4-5,7-8H,2-3,6,9H2,1H3. The van der Waals surface area contributed by atoms with E-state index in [2.05, 4.69) is 11.1 Å². The maximum absolute atomic E-state index is 5.27. The molecule has 1 aliphatic rings. The average molecular weight is 189 g/mol. The van der Waals surface area contributed by atoms with Gasteiger partial charge >= 0.3 is 0 Å². The number of allylic oxidation sites excluding steroid dienone is 2. The normalized spacial score (nSPS) is 15.4. The Kier molecular flexibility index (Phi) is 2.82. The summed E-state index contributed by atoms with van der Waals surface area (Å²) in [5.41, 5.74) is 2.56. The molecule has 1 aromatic rings. The van der Waals surface area contributed by atoms with Crippen LogP contribution in [0.4, 0.5) is 0 Å². The quantitative estimate of drug-likeness (QED) is 0.682. The molecule has 14 heavy (non-hydrogen) atoms. The lowest BCUT2D eigenvalue weighted by molar-refractivity contribution is 0.407. The van der Waals surface area contributed by atoms with Gasteiger partial charge in [-0.1, -0.05) is 11.6 Å². The highest BCUT2D eigenvalue weighted by Crippen LogP contribution is 2.24. The zero-order chi connectivity index (χ0) is 9.80. The molecule has 0 bridgehead atoms. The third-order valence-corrected chi connectivity index (χ3v) is 2.60. The fraction of sp³-hybridized carbons (Fsp3) is 0.417. The molecular weight excluding hydrogens is 174 g/mol. The Morgan fingerprint density at radius 2 is 2.43 bits per heavy atom. The summed E-state index contributed by atoms with van der Waals surface area (Å²) in [6.07, 6.45) is 8.85. The summed E-state index contributed by atoms with van der Waals surface area (Å²) in [7, 11) is 1.70. The highest BCUT2D eigenvalue weighted by Gasteiger charge is 2.09. The molecule has 0 saturated heterocycles. The molecule has 0 aliphatic heterocycles. The Morgan fingerprint density at radius 1 is 1.50 bits per heavy atom. The van der Waals surface area contributed by atoms with Gasteiger partial charge in [0.25, 0.3) is 0 Å². The number of rotatable bonds is 3. The van der Waals surface area contributed by atoms with Crippen molar-refractivity contribution >= 4 is 0 Å². The van der Waals surface area contributed by atoms with E-state index < -0.39 is 0 Å². The molecule has 0 unspecified atom stereocenters. The summed E-state index contributed by atoms with van der Waals surface area (Å²) in [5, 5.41) is 0. The van der Waals surface area contributed by atoms with Gasteiger partial charge in [0.1, 0.15) is 5.75 Å². The molecule has 74 valence electrons. The van der Waals surface area contributed by atoms with Crippen LogP contribution in [-0.4, -0.2) is 12.1 Å². The van der Waals surface area contributed by atoms with Crippen LogP contribution in [0.2, 0.25) is 0 Å². The Balaban J connectivity index is 2.15. The Labute approximate surface area is 84.6 Å². The van der Waals surface area contributed by atoms with Gasteiger partial charge in [0.15, 0.2) is 0 Å². The molecule has 0 aromatic carbocycles. The van der Waals surface area contributed by atoms with E-state index in [0.29, 0.717) is 0 Å². The van der Waals surface area contributed by atoms with Crippen molar-refractivity contribution in [3.8, 4) is 5.75 Å². The van der Waals surface area contributed by atoms with E-state index in [1.165, 1.54) is 24.8 Å². The van der Waals surface area contributed by atoms with Crippen LogP contribution in [0, 0.1) is 0 Å². The van der Waals surface area contributed by atoms with Gasteiger partial charge in [-0.2, -0.15) is 0 Å². The molecule has 2 nitrogen and oxygen atoms in total. The van der Waals surface area contributed by atoms with E-state index in [0.717, 1.165) is 17.9 Å². The van der Waals surface area contributed by atoms with Crippen molar-refractivity contribution in [2.24, 2.45) is 0 Å². The third kappa shape index (κ3) is 1.95. The van der Waals surface area contributed by atoms with Crippen LogP contribution in [0.5, 0.6) is 5.75 Å². The molecule has 2 heteroatoms. The van der Waals surface area contributed by atoms with Crippen molar-refractivity contribution in [1.29, 1.82) is 0 Å². The number of pyridine rings is 1. The SMILES string of the molecule is COc1cccnc1CC1=CCCC1. The van der Waals surface area contributed by atoms with Crippen molar-refractivity contribution in [1.82, 2.24) is 4.98 Å². The predicted octanol–water partition coefficient (Wildman–Crippen LogP) is 2.74. The highest BCUT2D eigenvalue weighted by molar-refractivity contribution is 5.31. The van der Waals surface area contributed by atoms with Crippen molar-refractivity contribution in [3.63, 3.8) is 0 Å². The largest absolute Gasteiger partial charge is 0.495 e. The maximum atomic E-state index is 5.27. The van der Waals surface area contributed by atoms with Crippen molar-refractivity contribution in [2.45, 2.75) is 25.7 Å². The number of methoxy groups -OCH3 is 1. The molecular formula is C12H15NO. The second-order valence-corrected chi connectivity index (χ2v) is 3.58. The minimum Gasteiger partial charge on any atom is -0.495 e. The van der Waals surface area contributed by atoms with E-state index >= 15 is 0 Å². The van der Waals surface area contributed by atoms with Crippen molar-refractivity contribution < 1.29 is 4.74 Å². The van der Waals surface area contributed by atoms with Crippen LogP contribution in [0.15, 0.2) is 30.0 Å². The van der Waals surface area contributed by atoms with Crippen LogP contribution in [0.25, 0.3) is 0 Å². The smallest absolute Gasteiger partial charge is 0.140 e. The fourth-order valence-corrected chi connectivity index (χ4v) is 1.85. The first-order chi connectivity index (χ1) is 6.90. The van der Waals surface area contributed by atoms with Crippen molar-refractivity contribution in [3.05, 3.63) is 35.7 Å². The topological polar surface area (TPSA) is 22.1 Å². The molecule has 1 heterocycles. The number of ether oxygens (including phenoxy) is 1. The summed E-state index contributed by atoms with van der Waals surface area (Å²) in [5.74, 6) is 0.903. The average Bonchev–Trinajstić information content (AvgIpc) is 2.71. The van der Waals surface area contributed by atoms with E-state index in [1.807, 2.05) is 18.3 Å².